The quantitative estimate of drug-likeness (QED) is 0.334. The predicted molar refractivity (Wildman–Crippen MR) is 140 cm³/mol. The summed E-state index contributed by atoms with van der Waals surface area (Å²) in [6.07, 6.45) is 3.73. The molecule has 3 rings (SSSR count). The highest BCUT2D eigenvalue weighted by Gasteiger charge is 2.19. The summed E-state index contributed by atoms with van der Waals surface area (Å²) in [5.41, 5.74) is 2.63. The van der Waals surface area contributed by atoms with E-state index in [-0.39, 0.29) is 16.8 Å². The molecule has 0 bridgehead atoms. The number of anilines is 1. The minimum Gasteiger partial charge on any atom is -0.356 e. The summed E-state index contributed by atoms with van der Waals surface area (Å²) in [6, 6.07) is 10.8. The van der Waals surface area contributed by atoms with Crippen molar-refractivity contribution < 1.29 is 14.0 Å². The van der Waals surface area contributed by atoms with Crippen molar-refractivity contribution in [3.05, 3.63) is 63.4 Å². The van der Waals surface area contributed by atoms with E-state index in [2.05, 4.69) is 43.6 Å². The Kier molecular flexibility index (Phi) is 13.2. The van der Waals surface area contributed by atoms with E-state index >= 15 is 0 Å². The fourth-order valence-corrected chi connectivity index (χ4v) is 3.04. The second-order valence-corrected chi connectivity index (χ2v) is 10.6. The molecule has 1 saturated carbocycles. The Labute approximate surface area is 212 Å². The van der Waals surface area contributed by atoms with Gasteiger partial charge in [0.25, 0.3) is 0 Å². The Hall–Kier alpha value is -2.15. The molecule has 8 heteroatoms. The predicted octanol–water partition coefficient (Wildman–Crippen LogP) is 6.54. The number of carbonyl (C=O) groups is 2. The lowest BCUT2D eigenvalue weighted by Crippen LogP contribution is -2.21. The molecule has 2 amide bonds. The number of rotatable bonds is 9. The lowest BCUT2D eigenvalue weighted by atomic mass is 10.0. The number of halogens is 3. The summed E-state index contributed by atoms with van der Waals surface area (Å²) in [5.74, 6) is -0.415. The smallest absolute Gasteiger partial charge is 0.211 e. The fourth-order valence-electron chi connectivity index (χ4n) is 2.68. The lowest BCUT2D eigenvalue weighted by Gasteiger charge is -2.16. The van der Waals surface area contributed by atoms with E-state index in [0.29, 0.717) is 47.2 Å². The minimum atomic E-state index is -0.377. The van der Waals surface area contributed by atoms with Crippen molar-refractivity contribution in [2.75, 3.05) is 11.9 Å². The molecule has 0 radical (unpaired) electrons. The Morgan fingerprint density at radius 3 is 2.26 bits per heavy atom. The van der Waals surface area contributed by atoms with E-state index < -0.39 is 0 Å². The fraction of sp³-hybridized carbons (Fsp3) is 0.462. The van der Waals surface area contributed by atoms with Crippen LogP contribution in [0.1, 0.15) is 64.5 Å². The maximum Gasteiger partial charge on any atom is 0.211 e. The number of amides is 2. The van der Waals surface area contributed by atoms with Crippen molar-refractivity contribution in [2.45, 2.75) is 66.0 Å². The number of hydrogen-bond acceptors (Lipinski definition) is 3. The molecule has 2 aromatic rings. The van der Waals surface area contributed by atoms with Gasteiger partial charge in [0.1, 0.15) is 5.82 Å². The van der Waals surface area contributed by atoms with Crippen LogP contribution < -0.4 is 16.0 Å². The number of nitrogens with one attached hydrogen (secondary N) is 3. The first kappa shape index (κ1) is 29.9. The van der Waals surface area contributed by atoms with E-state index in [4.69, 9.17) is 23.2 Å². The minimum absolute atomic E-state index is 0.0384. The molecule has 34 heavy (non-hydrogen) atoms. The molecule has 0 spiro atoms. The van der Waals surface area contributed by atoms with Crippen LogP contribution in [0.15, 0.2) is 36.4 Å². The molecule has 1 aliphatic rings. The highest BCUT2D eigenvalue weighted by Crippen LogP contribution is 2.25. The first-order chi connectivity index (χ1) is 16.0. The third-order valence-electron chi connectivity index (χ3n) is 4.45. The number of benzene rings is 2. The van der Waals surface area contributed by atoms with Crippen molar-refractivity contribution >= 4 is 41.7 Å². The van der Waals surface area contributed by atoms with Crippen LogP contribution in [0.2, 0.25) is 10.0 Å². The molecule has 0 aromatic heterocycles. The van der Waals surface area contributed by atoms with Crippen LogP contribution in [-0.4, -0.2) is 25.4 Å². The zero-order valence-corrected chi connectivity index (χ0v) is 22.1. The molecule has 1 aliphatic carbocycles. The van der Waals surface area contributed by atoms with Crippen molar-refractivity contribution in [3.63, 3.8) is 0 Å². The largest absolute Gasteiger partial charge is 0.356 e. The van der Waals surface area contributed by atoms with Gasteiger partial charge in [-0.3, -0.25) is 9.59 Å². The first-order valence-electron chi connectivity index (χ1n) is 11.3. The molecular formula is C26H36Cl2FN3O2. The molecule has 188 valence electrons. The van der Waals surface area contributed by atoms with Gasteiger partial charge in [-0.2, -0.15) is 0 Å². The van der Waals surface area contributed by atoms with Gasteiger partial charge in [-0.1, -0.05) is 76.0 Å². The number of carbonyl (C=O) groups excluding carboxylic acids is 2. The highest BCUT2D eigenvalue weighted by atomic mass is 35.5. The maximum absolute atomic E-state index is 14.0. The van der Waals surface area contributed by atoms with E-state index in [1.165, 1.54) is 18.9 Å². The normalized spacial score (nSPS) is 13.4. The van der Waals surface area contributed by atoms with Crippen LogP contribution in [-0.2, 0) is 16.1 Å². The third kappa shape index (κ3) is 12.9. The highest BCUT2D eigenvalue weighted by molar-refractivity contribution is 6.31. The Morgan fingerprint density at radius 1 is 1.09 bits per heavy atom. The van der Waals surface area contributed by atoms with Crippen molar-refractivity contribution in [1.29, 1.82) is 0 Å². The maximum atomic E-state index is 14.0. The lowest BCUT2D eigenvalue weighted by molar-refractivity contribution is -0.109. The van der Waals surface area contributed by atoms with Gasteiger partial charge in [0.15, 0.2) is 0 Å². The van der Waals surface area contributed by atoms with Gasteiger partial charge in [0.05, 0.1) is 5.02 Å². The van der Waals surface area contributed by atoms with Crippen LogP contribution in [0.3, 0.4) is 0 Å². The Bertz CT molecular complexity index is 909. The van der Waals surface area contributed by atoms with Gasteiger partial charge in [-0.25, -0.2) is 4.39 Å². The van der Waals surface area contributed by atoms with E-state index in [9.17, 15) is 14.0 Å². The monoisotopic (exact) mass is 511 g/mol. The first-order valence-corrected chi connectivity index (χ1v) is 12.0. The third-order valence-corrected chi connectivity index (χ3v) is 4.97. The average molecular weight is 512 g/mol. The molecule has 1 atom stereocenters. The summed E-state index contributed by atoms with van der Waals surface area (Å²) in [5, 5.41) is 9.19. The van der Waals surface area contributed by atoms with Gasteiger partial charge < -0.3 is 16.0 Å². The summed E-state index contributed by atoms with van der Waals surface area (Å²) in [4.78, 5) is 20.2. The molecule has 3 N–H and O–H groups in total. The molecule has 0 saturated heterocycles. The zero-order chi connectivity index (χ0) is 25.7. The van der Waals surface area contributed by atoms with Crippen LogP contribution in [0.4, 0.5) is 10.1 Å². The molecule has 2 aromatic carbocycles. The van der Waals surface area contributed by atoms with Crippen LogP contribution in [0.5, 0.6) is 0 Å². The molecule has 1 fully saturated rings. The van der Waals surface area contributed by atoms with Crippen molar-refractivity contribution in [2.24, 2.45) is 5.41 Å². The van der Waals surface area contributed by atoms with Crippen LogP contribution in [0, 0.1) is 11.2 Å². The van der Waals surface area contributed by atoms with Crippen molar-refractivity contribution in [3.8, 4) is 0 Å². The number of hydrogen-bond donors (Lipinski definition) is 3. The van der Waals surface area contributed by atoms with Crippen LogP contribution in [0.25, 0.3) is 0 Å². The molecule has 0 heterocycles. The Morgan fingerprint density at radius 2 is 1.74 bits per heavy atom. The van der Waals surface area contributed by atoms with Gasteiger partial charge in [-0.15, -0.1) is 0 Å². The van der Waals surface area contributed by atoms with Crippen LogP contribution >= 0.6 is 23.2 Å². The van der Waals surface area contributed by atoms with E-state index in [1.54, 1.807) is 24.3 Å². The standard InChI is InChI=1S/C17H17Cl2FN2O.C5H12.C4H7NO/c1-11(14-3-2-4-15(19)17(14)20)8-21-9-12-5-6-13(18)7-16(12)22-10-23;1-5(2,3)4;6-3-5-4-1-2-4/h2-7,10-11,21H,8-9H2,1H3,(H,22,23);1-4H3;3-4H,1-2H2,(H,5,6). The van der Waals surface area contributed by atoms with Gasteiger partial charge >= 0.3 is 0 Å². The summed E-state index contributed by atoms with van der Waals surface area (Å²) in [6.45, 7) is 11.8. The average Bonchev–Trinajstić information content (AvgIpc) is 3.55. The molecular weight excluding hydrogens is 476 g/mol. The molecule has 0 aliphatic heterocycles. The second-order valence-electron chi connectivity index (χ2n) is 9.80. The van der Waals surface area contributed by atoms with E-state index in [0.717, 1.165) is 12.0 Å². The summed E-state index contributed by atoms with van der Waals surface area (Å²) < 4.78 is 14.0. The second kappa shape index (κ2) is 15.0. The topological polar surface area (TPSA) is 70.2 Å². The van der Waals surface area contributed by atoms with Gasteiger partial charge in [-0.05, 0) is 53.5 Å². The Balaban J connectivity index is 0.000000431. The molecule has 1 unspecified atom stereocenters. The zero-order valence-electron chi connectivity index (χ0n) is 20.6. The summed E-state index contributed by atoms with van der Waals surface area (Å²) >= 11 is 11.7. The van der Waals surface area contributed by atoms with Gasteiger partial charge in [0, 0.05) is 29.8 Å². The molecule has 5 nitrogen and oxygen atoms in total. The van der Waals surface area contributed by atoms with E-state index in [1.807, 2.05) is 13.0 Å². The van der Waals surface area contributed by atoms with Crippen molar-refractivity contribution in [1.82, 2.24) is 10.6 Å². The SMILES string of the molecule is CC(C)(C)C.CC(CNCc1ccc(Cl)cc1NC=O)c1cccc(Cl)c1F.O=CNC1CC1. The summed E-state index contributed by atoms with van der Waals surface area (Å²) in [7, 11) is 0. The van der Waals surface area contributed by atoms with Gasteiger partial charge in [0.2, 0.25) is 12.8 Å².